The van der Waals surface area contributed by atoms with Crippen LogP contribution in [0.3, 0.4) is 0 Å². The van der Waals surface area contributed by atoms with E-state index in [4.69, 9.17) is 14.2 Å². The van der Waals surface area contributed by atoms with Gasteiger partial charge in [-0.3, -0.25) is 0 Å². The lowest BCUT2D eigenvalue weighted by molar-refractivity contribution is -0.260. The van der Waals surface area contributed by atoms with Crippen molar-refractivity contribution in [2.24, 2.45) is 0 Å². The van der Waals surface area contributed by atoms with Gasteiger partial charge in [-0.25, -0.2) is 4.79 Å². The summed E-state index contributed by atoms with van der Waals surface area (Å²) in [7, 11) is 0. The molecular formula is C37H48NO5. The van der Waals surface area contributed by atoms with Crippen molar-refractivity contribution in [3.8, 4) is 17.2 Å². The van der Waals surface area contributed by atoms with E-state index in [0.29, 0.717) is 30.9 Å². The van der Waals surface area contributed by atoms with Crippen LogP contribution in [0.15, 0.2) is 72.8 Å². The zero-order valence-corrected chi connectivity index (χ0v) is 26.4. The first-order chi connectivity index (χ1) is 20.8. The highest BCUT2D eigenvalue weighted by atomic mass is 16.5. The van der Waals surface area contributed by atoms with Crippen molar-refractivity contribution in [2.75, 3.05) is 13.2 Å². The molecule has 0 spiro atoms. The molecule has 0 aliphatic carbocycles. The van der Waals surface area contributed by atoms with E-state index in [-0.39, 0.29) is 0 Å². The minimum Gasteiger partial charge on any atom is -0.494 e. The van der Waals surface area contributed by atoms with Gasteiger partial charge >= 0.3 is 5.97 Å². The summed E-state index contributed by atoms with van der Waals surface area (Å²) in [5, 5.41) is 15.1. The molecule has 1 fully saturated rings. The van der Waals surface area contributed by atoms with E-state index >= 15 is 0 Å². The number of carbonyl (C=O) groups is 1. The Morgan fingerprint density at radius 3 is 1.51 bits per heavy atom. The molecule has 0 N–H and O–H groups in total. The average Bonchev–Trinajstić information content (AvgIpc) is 3.28. The third-order valence-electron chi connectivity index (χ3n) is 8.78. The van der Waals surface area contributed by atoms with Gasteiger partial charge in [0, 0.05) is 0 Å². The van der Waals surface area contributed by atoms with Crippen molar-refractivity contribution in [1.29, 1.82) is 0 Å². The predicted octanol–water partition coefficient (Wildman–Crippen LogP) is 9.40. The van der Waals surface area contributed by atoms with E-state index < -0.39 is 17.0 Å². The average molecular weight is 587 g/mol. The number of carbonyl (C=O) groups excluding carboxylic acids is 1. The summed E-state index contributed by atoms with van der Waals surface area (Å²) in [5.74, 6) is 1.63. The molecule has 3 aromatic carbocycles. The third-order valence-corrected chi connectivity index (χ3v) is 8.78. The first kappa shape index (κ1) is 32.6. The van der Waals surface area contributed by atoms with Crippen molar-refractivity contribution in [1.82, 2.24) is 5.06 Å². The van der Waals surface area contributed by atoms with Gasteiger partial charge in [-0.15, -0.1) is 10.3 Å². The van der Waals surface area contributed by atoms with Crippen molar-refractivity contribution in [3.63, 3.8) is 0 Å². The van der Waals surface area contributed by atoms with Crippen LogP contribution in [0.25, 0.3) is 0 Å². The van der Waals surface area contributed by atoms with Crippen LogP contribution in [0.2, 0.25) is 0 Å². The van der Waals surface area contributed by atoms with Gasteiger partial charge in [0.1, 0.15) is 17.2 Å². The summed E-state index contributed by atoms with van der Waals surface area (Å²) < 4.78 is 17.3. The molecule has 0 amide bonds. The second-order valence-corrected chi connectivity index (χ2v) is 12.1. The van der Waals surface area contributed by atoms with Gasteiger partial charge in [0.15, 0.2) is 0 Å². The van der Waals surface area contributed by atoms with E-state index in [9.17, 15) is 10.0 Å². The van der Waals surface area contributed by atoms with E-state index in [1.54, 1.807) is 24.3 Å². The van der Waals surface area contributed by atoms with Crippen LogP contribution in [0, 0.1) is 0 Å². The first-order valence-electron chi connectivity index (χ1n) is 16.1. The maximum absolute atomic E-state index is 13.9. The molecule has 6 heteroatoms. The molecule has 43 heavy (non-hydrogen) atoms. The van der Waals surface area contributed by atoms with Gasteiger partial charge in [-0.05, 0) is 99.2 Å². The lowest BCUT2D eigenvalue weighted by Crippen LogP contribution is -2.44. The molecule has 2 atom stereocenters. The van der Waals surface area contributed by atoms with Gasteiger partial charge in [0.2, 0.25) is 0 Å². The third kappa shape index (κ3) is 8.18. The Balaban J connectivity index is 1.33. The minimum atomic E-state index is -0.710. The maximum Gasteiger partial charge on any atom is 0.343 e. The molecule has 1 radical (unpaired) electrons. The van der Waals surface area contributed by atoms with Crippen LogP contribution in [0.1, 0.15) is 113 Å². The van der Waals surface area contributed by atoms with E-state index in [1.807, 2.05) is 62.4 Å². The van der Waals surface area contributed by atoms with Crippen LogP contribution in [0.4, 0.5) is 0 Å². The summed E-state index contributed by atoms with van der Waals surface area (Å²) in [6, 6.07) is 22.3. The lowest BCUT2D eigenvalue weighted by Gasteiger charge is -2.37. The number of rotatable bonds is 16. The quantitative estimate of drug-likeness (QED) is 0.0950. The summed E-state index contributed by atoms with van der Waals surface area (Å²) in [4.78, 5) is 12.8. The Morgan fingerprint density at radius 1 is 0.628 bits per heavy atom. The Kier molecular flexibility index (Phi) is 11.7. The maximum atomic E-state index is 13.9. The highest BCUT2D eigenvalue weighted by Gasteiger charge is 2.52. The molecule has 6 nitrogen and oxygen atoms in total. The molecule has 0 saturated carbocycles. The standard InChI is InChI=1S/C37H48NO5/c1-5-7-9-11-27-41-32-19-17-31(18-20-32)37(4)26-25-36(3,38(37)40)30-15-13-29(14-16-30)35(39)43-34-23-21-33(22-24-34)42-28-12-10-8-6-2/h13-24H,5-12,25-28H2,1-4H3/t36-,37-/m0/s1. The monoisotopic (exact) mass is 586 g/mol. The Hall–Kier alpha value is -3.35. The highest BCUT2D eigenvalue weighted by molar-refractivity contribution is 5.91. The zero-order valence-electron chi connectivity index (χ0n) is 26.4. The number of hydroxylamine groups is 2. The Bertz CT molecular complexity index is 1270. The Morgan fingerprint density at radius 2 is 1.05 bits per heavy atom. The summed E-state index contributed by atoms with van der Waals surface area (Å²) >= 11 is 0. The molecule has 0 aromatic heterocycles. The number of benzene rings is 3. The lowest BCUT2D eigenvalue weighted by atomic mass is 9.89. The second kappa shape index (κ2) is 15.4. The van der Waals surface area contributed by atoms with Crippen LogP contribution in [0.5, 0.6) is 17.2 Å². The highest BCUT2D eigenvalue weighted by Crippen LogP contribution is 2.51. The smallest absolute Gasteiger partial charge is 0.343 e. The van der Waals surface area contributed by atoms with Gasteiger partial charge in [-0.2, -0.15) is 0 Å². The molecule has 1 aliphatic rings. The fourth-order valence-corrected chi connectivity index (χ4v) is 5.84. The second-order valence-electron chi connectivity index (χ2n) is 12.1. The molecule has 1 aliphatic heterocycles. The molecule has 231 valence electrons. The van der Waals surface area contributed by atoms with Gasteiger partial charge < -0.3 is 14.2 Å². The normalized spacial score (nSPS) is 20.2. The van der Waals surface area contributed by atoms with Crippen LogP contribution < -0.4 is 14.2 Å². The zero-order chi connectivity index (χ0) is 30.7. The number of ether oxygens (including phenoxy) is 3. The molecule has 1 heterocycles. The first-order valence-corrected chi connectivity index (χ1v) is 16.1. The van der Waals surface area contributed by atoms with Gasteiger partial charge in [0.05, 0.1) is 29.9 Å². The largest absolute Gasteiger partial charge is 0.494 e. The van der Waals surface area contributed by atoms with E-state index in [0.717, 1.165) is 41.9 Å². The van der Waals surface area contributed by atoms with Crippen LogP contribution in [-0.2, 0) is 16.3 Å². The number of nitrogens with zero attached hydrogens (tertiary/aromatic N) is 1. The number of esters is 1. The van der Waals surface area contributed by atoms with Crippen LogP contribution in [-0.4, -0.2) is 24.2 Å². The predicted molar refractivity (Wildman–Crippen MR) is 170 cm³/mol. The fourth-order valence-electron chi connectivity index (χ4n) is 5.84. The molecule has 0 bridgehead atoms. The van der Waals surface area contributed by atoms with Crippen molar-refractivity contribution in [2.45, 2.75) is 103 Å². The number of unbranched alkanes of at least 4 members (excludes halogenated alkanes) is 6. The van der Waals surface area contributed by atoms with Gasteiger partial charge in [-0.1, -0.05) is 76.6 Å². The number of hydrogen-bond acceptors (Lipinski definition) is 5. The van der Waals surface area contributed by atoms with Crippen molar-refractivity contribution >= 4 is 5.97 Å². The van der Waals surface area contributed by atoms with Crippen molar-refractivity contribution in [3.05, 3.63) is 89.5 Å². The van der Waals surface area contributed by atoms with Gasteiger partial charge in [0.25, 0.3) is 0 Å². The molecule has 1 saturated heterocycles. The van der Waals surface area contributed by atoms with E-state index in [2.05, 4.69) is 13.8 Å². The number of hydrogen-bond donors (Lipinski definition) is 0. The van der Waals surface area contributed by atoms with E-state index in [1.165, 1.54) is 43.6 Å². The topological polar surface area (TPSA) is 67.9 Å². The molecule has 3 aromatic rings. The summed E-state index contributed by atoms with van der Waals surface area (Å²) in [6.45, 7) is 9.79. The molecule has 0 unspecified atom stereocenters. The molecular weight excluding hydrogens is 538 g/mol. The van der Waals surface area contributed by atoms with Crippen LogP contribution >= 0.6 is 0 Å². The summed E-state index contributed by atoms with van der Waals surface area (Å²) in [6.07, 6.45) is 10.7. The minimum absolute atomic E-state index is 0.437. The summed E-state index contributed by atoms with van der Waals surface area (Å²) in [5.41, 5.74) is 0.940. The van der Waals surface area contributed by atoms with Crippen molar-refractivity contribution < 1.29 is 24.2 Å². The fraction of sp³-hybridized carbons (Fsp3) is 0.486. The molecule has 4 rings (SSSR count). The SMILES string of the molecule is CCCCCCOc1ccc(OC(=O)c2ccc([C@]3(C)CC[C@@](C)(c4ccc(OCCCCCC)cc4)N3[O])cc2)cc1. The Labute approximate surface area is 257 Å².